The lowest BCUT2D eigenvalue weighted by Crippen LogP contribution is -2.39. The molecule has 1 heterocycles. The summed E-state index contributed by atoms with van der Waals surface area (Å²) in [6.07, 6.45) is 0.646. The number of carbonyl (C=O) groups excluding carboxylic acids is 1. The minimum Gasteiger partial charge on any atom is -0.317 e. The molecule has 0 saturated heterocycles. The number of anilines is 1. The SMILES string of the molecule is CN1C(=O)CBc2ccccc21. The molecule has 12 heavy (non-hydrogen) atoms. The van der Waals surface area contributed by atoms with E-state index in [1.165, 1.54) is 5.46 Å². The molecule has 60 valence electrons. The Bertz CT molecular complexity index is 324. The molecule has 1 aromatic carbocycles. The van der Waals surface area contributed by atoms with E-state index in [-0.39, 0.29) is 5.91 Å². The van der Waals surface area contributed by atoms with Crippen molar-refractivity contribution >= 4 is 24.3 Å². The highest BCUT2D eigenvalue weighted by Crippen LogP contribution is 2.14. The summed E-state index contributed by atoms with van der Waals surface area (Å²) in [6, 6.07) is 8.06. The minimum atomic E-state index is 0.216. The summed E-state index contributed by atoms with van der Waals surface area (Å²) in [6.45, 7) is 0. The number of hydrogen-bond acceptors (Lipinski definition) is 1. The number of rotatable bonds is 0. The number of carbonyl (C=O) groups is 1. The van der Waals surface area contributed by atoms with Gasteiger partial charge in [0.2, 0.25) is 5.91 Å². The van der Waals surface area contributed by atoms with E-state index >= 15 is 0 Å². The highest BCUT2D eigenvalue weighted by molar-refractivity contribution is 6.61. The lowest BCUT2D eigenvalue weighted by molar-refractivity contribution is -0.116. The normalized spacial score (nSPS) is 15.4. The summed E-state index contributed by atoms with van der Waals surface area (Å²) < 4.78 is 0. The minimum absolute atomic E-state index is 0.216. The number of nitrogens with zero attached hydrogens (tertiary/aromatic N) is 1. The Kier molecular flexibility index (Phi) is 1.64. The predicted octanol–water partition coefficient (Wildman–Crippen LogP) is 0.143. The molecule has 0 spiro atoms. The molecule has 0 fully saturated rings. The Labute approximate surface area is 72.4 Å². The fourth-order valence-corrected chi connectivity index (χ4v) is 1.59. The van der Waals surface area contributed by atoms with E-state index < -0.39 is 0 Å². The Morgan fingerprint density at radius 2 is 2.17 bits per heavy atom. The molecule has 0 unspecified atom stereocenters. The Balaban J connectivity index is 2.48. The number of fused-ring (bicyclic) bond motifs is 1. The van der Waals surface area contributed by atoms with Gasteiger partial charge in [0.1, 0.15) is 0 Å². The average molecular weight is 159 g/mol. The van der Waals surface area contributed by atoms with Gasteiger partial charge in [0.25, 0.3) is 0 Å². The Morgan fingerprint density at radius 1 is 1.42 bits per heavy atom. The van der Waals surface area contributed by atoms with E-state index in [1.807, 2.05) is 25.2 Å². The van der Waals surface area contributed by atoms with Gasteiger partial charge in [-0.25, -0.2) is 0 Å². The molecule has 0 radical (unpaired) electrons. The Morgan fingerprint density at radius 3 is 3.00 bits per heavy atom. The smallest absolute Gasteiger partial charge is 0.219 e. The number of benzene rings is 1. The van der Waals surface area contributed by atoms with Crippen molar-refractivity contribution in [3.8, 4) is 0 Å². The van der Waals surface area contributed by atoms with Crippen LogP contribution in [0.3, 0.4) is 0 Å². The second kappa shape index (κ2) is 2.66. The van der Waals surface area contributed by atoms with Crippen molar-refractivity contribution in [1.82, 2.24) is 0 Å². The number of para-hydroxylation sites is 1. The monoisotopic (exact) mass is 159 g/mol. The van der Waals surface area contributed by atoms with Crippen molar-refractivity contribution in [2.24, 2.45) is 0 Å². The summed E-state index contributed by atoms with van der Waals surface area (Å²) in [4.78, 5) is 13.0. The maximum atomic E-state index is 11.3. The molecular weight excluding hydrogens is 149 g/mol. The van der Waals surface area contributed by atoms with Gasteiger partial charge in [-0.3, -0.25) is 4.79 Å². The van der Waals surface area contributed by atoms with Crippen LogP contribution in [0.15, 0.2) is 24.3 Å². The molecule has 2 nitrogen and oxygen atoms in total. The van der Waals surface area contributed by atoms with Gasteiger partial charge in [0, 0.05) is 19.1 Å². The zero-order chi connectivity index (χ0) is 8.55. The first kappa shape index (κ1) is 7.41. The van der Waals surface area contributed by atoms with Crippen LogP contribution in [-0.2, 0) is 4.79 Å². The first-order valence-electron chi connectivity index (χ1n) is 4.13. The molecule has 0 aromatic heterocycles. The third-order valence-corrected chi connectivity index (χ3v) is 2.34. The van der Waals surface area contributed by atoms with Crippen LogP contribution in [0.1, 0.15) is 0 Å². The van der Waals surface area contributed by atoms with E-state index in [4.69, 9.17) is 0 Å². The fraction of sp³-hybridized carbons (Fsp3) is 0.222. The summed E-state index contributed by atoms with van der Waals surface area (Å²) in [7, 11) is 2.72. The highest BCUT2D eigenvalue weighted by atomic mass is 16.2. The molecule has 2 rings (SSSR count). The number of hydrogen-bond donors (Lipinski definition) is 0. The van der Waals surface area contributed by atoms with Crippen LogP contribution >= 0.6 is 0 Å². The largest absolute Gasteiger partial charge is 0.317 e. The molecule has 1 aromatic rings. The average Bonchev–Trinajstić information content (AvgIpc) is 2.12. The van der Waals surface area contributed by atoms with Crippen LogP contribution in [0.2, 0.25) is 6.32 Å². The van der Waals surface area contributed by atoms with E-state index in [0.29, 0.717) is 6.32 Å². The van der Waals surface area contributed by atoms with Crippen LogP contribution < -0.4 is 10.4 Å². The zero-order valence-electron chi connectivity index (χ0n) is 7.08. The Hall–Kier alpha value is -1.25. The van der Waals surface area contributed by atoms with Crippen LogP contribution in [0, 0.1) is 0 Å². The first-order chi connectivity index (χ1) is 5.79. The molecule has 0 saturated carbocycles. The standard InChI is InChI=1S/C9H10BNO/c1-11-8-5-3-2-4-7(8)10-6-9(11)12/h2-5,10H,6H2,1H3. The van der Waals surface area contributed by atoms with Gasteiger partial charge in [-0.05, 0) is 6.07 Å². The van der Waals surface area contributed by atoms with Gasteiger partial charge in [0.15, 0.2) is 7.28 Å². The summed E-state index contributed by atoms with van der Waals surface area (Å²) in [5, 5.41) is 0. The van der Waals surface area contributed by atoms with Crippen LogP contribution in [0.5, 0.6) is 0 Å². The fourth-order valence-electron chi connectivity index (χ4n) is 1.59. The lowest BCUT2D eigenvalue weighted by Gasteiger charge is -2.24. The second-order valence-corrected chi connectivity index (χ2v) is 3.08. The van der Waals surface area contributed by atoms with Crippen LogP contribution in [-0.4, -0.2) is 20.2 Å². The van der Waals surface area contributed by atoms with Gasteiger partial charge >= 0.3 is 0 Å². The molecule has 0 aliphatic carbocycles. The highest BCUT2D eigenvalue weighted by Gasteiger charge is 2.20. The summed E-state index contributed by atoms with van der Waals surface area (Å²) in [5.41, 5.74) is 2.34. The van der Waals surface area contributed by atoms with Crippen molar-refractivity contribution in [2.45, 2.75) is 6.32 Å². The van der Waals surface area contributed by atoms with E-state index in [9.17, 15) is 4.79 Å². The molecule has 0 bridgehead atoms. The zero-order valence-corrected chi connectivity index (χ0v) is 7.08. The molecular formula is C9H10BNO. The van der Waals surface area contributed by atoms with Crippen LogP contribution in [0.25, 0.3) is 0 Å². The molecule has 1 amide bonds. The third kappa shape index (κ3) is 1.02. The van der Waals surface area contributed by atoms with E-state index in [1.54, 1.807) is 4.90 Å². The third-order valence-electron chi connectivity index (χ3n) is 2.34. The predicted molar refractivity (Wildman–Crippen MR) is 51.4 cm³/mol. The van der Waals surface area contributed by atoms with Gasteiger partial charge in [0.05, 0.1) is 0 Å². The molecule has 0 atom stereocenters. The van der Waals surface area contributed by atoms with Crippen molar-refractivity contribution in [1.29, 1.82) is 0 Å². The summed E-state index contributed by atoms with van der Waals surface area (Å²) in [5.74, 6) is 0.216. The van der Waals surface area contributed by atoms with Gasteiger partial charge in [-0.2, -0.15) is 0 Å². The van der Waals surface area contributed by atoms with Gasteiger partial charge in [-0.15, -0.1) is 0 Å². The van der Waals surface area contributed by atoms with Gasteiger partial charge < -0.3 is 4.90 Å². The summed E-state index contributed by atoms with van der Waals surface area (Å²) >= 11 is 0. The van der Waals surface area contributed by atoms with Crippen molar-refractivity contribution in [3.05, 3.63) is 24.3 Å². The van der Waals surface area contributed by atoms with Gasteiger partial charge in [-0.1, -0.05) is 23.7 Å². The van der Waals surface area contributed by atoms with E-state index in [0.717, 1.165) is 13.0 Å². The topological polar surface area (TPSA) is 20.3 Å². The quantitative estimate of drug-likeness (QED) is 0.493. The van der Waals surface area contributed by atoms with Crippen molar-refractivity contribution < 1.29 is 4.79 Å². The maximum absolute atomic E-state index is 11.3. The maximum Gasteiger partial charge on any atom is 0.219 e. The first-order valence-corrected chi connectivity index (χ1v) is 4.13. The molecule has 1 aliphatic rings. The van der Waals surface area contributed by atoms with Crippen LogP contribution in [0.4, 0.5) is 5.69 Å². The van der Waals surface area contributed by atoms with E-state index in [2.05, 4.69) is 6.07 Å². The second-order valence-electron chi connectivity index (χ2n) is 3.08. The number of amides is 1. The van der Waals surface area contributed by atoms with Crippen molar-refractivity contribution in [2.75, 3.05) is 11.9 Å². The lowest BCUT2D eigenvalue weighted by atomic mass is 9.64. The van der Waals surface area contributed by atoms with Crippen molar-refractivity contribution in [3.63, 3.8) is 0 Å². The molecule has 1 aliphatic heterocycles. The molecule has 0 N–H and O–H groups in total. The molecule has 3 heteroatoms.